The fourth-order valence-corrected chi connectivity index (χ4v) is 4.07. The zero-order valence-electron chi connectivity index (χ0n) is 16.8. The fourth-order valence-electron chi connectivity index (χ4n) is 4.07. The molecule has 2 aromatic rings. The topological polar surface area (TPSA) is 90.3 Å². The van der Waals surface area contributed by atoms with Gasteiger partial charge in [-0.1, -0.05) is 17.9 Å². The van der Waals surface area contributed by atoms with Crippen molar-refractivity contribution in [3.05, 3.63) is 41.6 Å². The summed E-state index contributed by atoms with van der Waals surface area (Å²) in [6, 6.07) is 5.01. The number of hydrogen-bond acceptors (Lipinski definition) is 5. The van der Waals surface area contributed by atoms with Crippen molar-refractivity contribution in [1.29, 1.82) is 0 Å². The van der Waals surface area contributed by atoms with Crippen molar-refractivity contribution < 1.29 is 19.1 Å². The summed E-state index contributed by atoms with van der Waals surface area (Å²) in [5.41, 5.74) is 2.37. The van der Waals surface area contributed by atoms with Gasteiger partial charge in [-0.05, 0) is 50.8 Å². The Morgan fingerprint density at radius 2 is 2.07 bits per heavy atom. The Kier molecular flexibility index (Phi) is 5.77. The van der Waals surface area contributed by atoms with E-state index in [1.165, 1.54) is 6.08 Å². The highest BCUT2D eigenvalue weighted by Crippen LogP contribution is 2.27. The van der Waals surface area contributed by atoms with Gasteiger partial charge in [-0.2, -0.15) is 5.10 Å². The number of nitrogens with one attached hydrogen (secondary N) is 1. The van der Waals surface area contributed by atoms with Crippen molar-refractivity contribution >= 4 is 29.0 Å². The molecule has 1 N–H and O–H groups in total. The Balaban J connectivity index is 1.51. The Labute approximate surface area is 174 Å². The lowest BCUT2D eigenvalue weighted by Gasteiger charge is -2.24. The summed E-state index contributed by atoms with van der Waals surface area (Å²) in [6.45, 7) is 2.21. The van der Waals surface area contributed by atoms with Crippen LogP contribution in [0.4, 0.5) is 0 Å². The van der Waals surface area contributed by atoms with Crippen LogP contribution in [0.25, 0.3) is 10.9 Å². The molecule has 1 aliphatic carbocycles. The van der Waals surface area contributed by atoms with E-state index in [-0.39, 0.29) is 12.0 Å². The van der Waals surface area contributed by atoms with Gasteiger partial charge in [-0.15, -0.1) is 0 Å². The first-order valence-corrected chi connectivity index (χ1v) is 10.1. The highest BCUT2D eigenvalue weighted by Gasteiger charge is 2.26. The zero-order valence-corrected chi connectivity index (χ0v) is 16.8. The van der Waals surface area contributed by atoms with Gasteiger partial charge in [0.1, 0.15) is 18.9 Å². The number of carbonyl (C=O) groups excluding carboxylic acids is 3. The van der Waals surface area contributed by atoms with Gasteiger partial charge >= 0.3 is 0 Å². The number of ether oxygens (including phenoxy) is 1. The molecule has 1 aromatic heterocycles. The molecule has 0 bridgehead atoms. The molecule has 2 amide bonds. The number of nitrogens with zero attached hydrogens (tertiary/aromatic N) is 2. The maximum absolute atomic E-state index is 12.2. The van der Waals surface area contributed by atoms with Crippen molar-refractivity contribution in [3.63, 3.8) is 0 Å². The molecule has 1 saturated carbocycles. The SMILES string of the molecule is Cc1nn(C2C=CC(=O)NC2=O)c2cccc(C#CCOC3CCC(C=O)CC3)c12. The minimum absolute atomic E-state index is 0.162. The molecule has 4 rings (SSSR count). The third kappa shape index (κ3) is 4.05. The van der Waals surface area contributed by atoms with Crippen LogP contribution in [0.5, 0.6) is 0 Å². The van der Waals surface area contributed by atoms with Crippen LogP contribution in [0.15, 0.2) is 30.4 Å². The number of hydrogen-bond donors (Lipinski definition) is 1. The predicted molar refractivity (Wildman–Crippen MR) is 110 cm³/mol. The fraction of sp³-hybridized carbons (Fsp3) is 0.391. The summed E-state index contributed by atoms with van der Waals surface area (Å²) in [5, 5.41) is 7.72. The quantitative estimate of drug-likeness (QED) is 0.479. The van der Waals surface area contributed by atoms with Crippen molar-refractivity contribution in [2.75, 3.05) is 6.61 Å². The second kappa shape index (κ2) is 8.64. The second-order valence-electron chi connectivity index (χ2n) is 7.67. The maximum atomic E-state index is 12.2. The summed E-state index contributed by atoms with van der Waals surface area (Å²) in [6.07, 6.45) is 7.66. The van der Waals surface area contributed by atoms with Crippen molar-refractivity contribution in [1.82, 2.24) is 15.1 Å². The molecule has 2 heterocycles. The number of aldehydes is 1. The first-order valence-electron chi connectivity index (χ1n) is 10.1. The average Bonchev–Trinajstić information content (AvgIpc) is 3.09. The molecular weight excluding hydrogens is 382 g/mol. The van der Waals surface area contributed by atoms with Crippen LogP contribution in [-0.2, 0) is 19.1 Å². The minimum atomic E-state index is -0.674. The monoisotopic (exact) mass is 405 g/mol. The van der Waals surface area contributed by atoms with Gasteiger partial charge in [0.05, 0.1) is 17.3 Å². The van der Waals surface area contributed by atoms with Crippen LogP contribution < -0.4 is 5.32 Å². The summed E-state index contributed by atoms with van der Waals surface area (Å²) in [4.78, 5) is 34.5. The number of rotatable bonds is 4. The van der Waals surface area contributed by atoms with E-state index in [2.05, 4.69) is 22.3 Å². The first kappa shape index (κ1) is 20.0. The van der Waals surface area contributed by atoms with Crippen LogP contribution >= 0.6 is 0 Å². The van der Waals surface area contributed by atoms with Gasteiger partial charge in [-0.3, -0.25) is 14.9 Å². The van der Waals surface area contributed by atoms with Crippen molar-refractivity contribution in [2.24, 2.45) is 5.92 Å². The van der Waals surface area contributed by atoms with Gasteiger partial charge in [0.15, 0.2) is 0 Å². The third-order valence-corrected chi connectivity index (χ3v) is 5.64. The van der Waals surface area contributed by atoms with Gasteiger partial charge in [-0.25, -0.2) is 4.68 Å². The summed E-state index contributed by atoms with van der Waals surface area (Å²) in [7, 11) is 0. The standard InChI is InChI=1S/C23H23N3O4/c1-15-22-17(5-3-13-30-18-9-7-16(14-27)8-10-18)4-2-6-19(22)26(25-15)20-11-12-21(28)24-23(20)29/h2,4,6,11-12,14,16,18,20H,7-10,13H2,1H3,(H,24,28,29). The smallest absolute Gasteiger partial charge is 0.255 e. The van der Waals surface area contributed by atoms with Crippen LogP contribution in [-0.4, -0.2) is 40.6 Å². The number of carbonyl (C=O) groups is 3. The average molecular weight is 405 g/mol. The Hall–Kier alpha value is -3.24. The molecule has 30 heavy (non-hydrogen) atoms. The number of aromatic nitrogens is 2. The molecule has 1 aliphatic heterocycles. The second-order valence-corrected chi connectivity index (χ2v) is 7.67. The van der Waals surface area contributed by atoms with Gasteiger partial charge in [0.2, 0.25) is 5.91 Å². The Morgan fingerprint density at radius 1 is 1.27 bits per heavy atom. The third-order valence-electron chi connectivity index (χ3n) is 5.64. The van der Waals surface area contributed by atoms with Crippen LogP contribution in [0.2, 0.25) is 0 Å². The van der Waals surface area contributed by atoms with Crippen molar-refractivity contribution in [2.45, 2.75) is 44.8 Å². The molecule has 2 aliphatic rings. The molecule has 1 aromatic carbocycles. The highest BCUT2D eigenvalue weighted by atomic mass is 16.5. The largest absolute Gasteiger partial charge is 0.366 e. The molecule has 7 nitrogen and oxygen atoms in total. The zero-order chi connectivity index (χ0) is 21.1. The van der Waals surface area contributed by atoms with E-state index in [4.69, 9.17) is 4.74 Å². The predicted octanol–water partition coefficient (Wildman–Crippen LogP) is 2.22. The molecule has 154 valence electrons. The number of fused-ring (bicyclic) bond motifs is 1. The van der Waals surface area contributed by atoms with E-state index >= 15 is 0 Å². The number of amides is 2. The number of aryl methyl sites for hydroxylation is 1. The van der Waals surface area contributed by atoms with Crippen LogP contribution in [0, 0.1) is 24.7 Å². The van der Waals surface area contributed by atoms with Gasteiger partial charge in [0, 0.05) is 22.9 Å². The lowest BCUT2D eigenvalue weighted by molar-refractivity contribution is -0.130. The summed E-state index contributed by atoms with van der Waals surface area (Å²) < 4.78 is 7.48. The van der Waals surface area contributed by atoms with E-state index in [0.717, 1.165) is 54.1 Å². The Morgan fingerprint density at radius 3 is 2.80 bits per heavy atom. The maximum Gasteiger partial charge on any atom is 0.255 e. The molecule has 0 spiro atoms. The van der Waals surface area contributed by atoms with E-state index in [0.29, 0.717) is 6.61 Å². The lowest BCUT2D eigenvalue weighted by atomic mass is 9.88. The van der Waals surface area contributed by atoms with E-state index in [1.54, 1.807) is 10.8 Å². The summed E-state index contributed by atoms with van der Waals surface area (Å²) in [5.74, 6) is 5.60. The Bertz CT molecular complexity index is 1080. The van der Waals surface area contributed by atoms with E-state index in [1.807, 2.05) is 25.1 Å². The summed E-state index contributed by atoms with van der Waals surface area (Å²) >= 11 is 0. The van der Waals surface area contributed by atoms with Crippen molar-refractivity contribution in [3.8, 4) is 11.8 Å². The highest BCUT2D eigenvalue weighted by molar-refractivity contribution is 6.06. The molecule has 0 saturated heterocycles. The minimum Gasteiger partial charge on any atom is -0.366 e. The van der Waals surface area contributed by atoms with Crippen LogP contribution in [0.3, 0.4) is 0 Å². The molecule has 7 heteroatoms. The normalized spacial score (nSPS) is 23.7. The first-order chi connectivity index (χ1) is 14.6. The molecule has 0 radical (unpaired) electrons. The molecular formula is C23H23N3O4. The lowest BCUT2D eigenvalue weighted by Crippen LogP contribution is -2.38. The van der Waals surface area contributed by atoms with E-state index < -0.39 is 17.9 Å². The number of imide groups is 1. The van der Waals surface area contributed by atoms with Crippen LogP contribution in [0.1, 0.15) is 43.0 Å². The van der Waals surface area contributed by atoms with Gasteiger partial charge in [0.25, 0.3) is 5.91 Å². The molecule has 1 unspecified atom stereocenters. The van der Waals surface area contributed by atoms with Gasteiger partial charge < -0.3 is 9.53 Å². The molecule has 1 fully saturated rings. The van der Waals surface area contributed by atoms with E-state index in [9.17, 15) is 14.4 Å². The number of benzene rings is 1. The molecule has 1 atom stereocenters.